The summed E-state index contributed by atoms with van der Waals surface area (Å²) in [4.78, 5) is 16.1. The van der Waals surface area contributed by atoms with Gasteiger partial charge in [-0.15, -0.1) is 23.1 Å². The van der Waals surface area contributed by atoms with Gasteiger partial charge in [0, 0.05) is 22.7 Å². The topological polar surface area (TPSA) is 20.3 Å². The van der Waals surface area contributed by atoms with Crippen LogP contribution in [0.5, 0.6) is 0 Å². The minimum atomic E-state index is 0.158. The molecule has 0 radical (unpaired) electrons. The summed E-state index contributed by atoms with van der Waals surface area (Å²) in [6, 6.07) is 12.4. The number of thiophene rings is 1. The van der Waals surface area contributed by atoms with Gasteiger partial charge in [0.25, 0.3) is 5.91 Å². The van der Waals surface area contributed by atoms with Crippen LogP contribution in [0.1, 0.15) is 45.9 Å². The van der Waals surface area contributed by atoms with Gasteiger partial charge >= 0.3 is 0 Å². The third-order valence-electron chi connectivity index (χ3n) is 3.96. The molecule has 0 aliphatic carbocycles. The van der Waals surface area contributed by atoms with Crippen molar-refractivity contribution in [3.63, 3.8) is 0 Å². The van der Waals surface area contributed by atoms with Crippen molar-refractivity contribution in [2.75, 3.05) is 12.3 Å². The predicted molar refractivity (Wildman–Crippen MR) is 95.6 cm³/mol. The smallest absolute Gasteiger partial charge is 0.255 e. The van der Waals surface area contributed by atoms with Crippen molar-refractivity contribution >= 4 is 29.0 Å². The summed E-state index contributed by atoms with van der Waals surface area (Å²) in [6.45, 7) is 3.04. The highest BCUT2D eigenvalue weighted by Crippen LogP contribution is 2.40. The number of aryl methyl sites for hydroxylation is 1. The van der Waals surface area contributed by atoms with E-state index >= 15 is 0 Å². The number of carbonyl (C=O) groups excluding carboxylic acids is 1. The van der Waals surface area contributed by atoms with Crippen molar-refractivity contribution in [2.45, 2.75) is 31.6 Å². The van der Waals surface area contributed by atoms with Crippen molar-refractivity contribution in [3.05, 3.63) is 57.8 Å². The lowest BCUT2D eigenvalue weighted by molar-refractivity contribution is 0.0762. The van der Waals surface area contributed by atoms with Gasteiger partial charge in [0.15, 0.2) is 0 Å². The molecule has 0 unspecified atom stereocenters. The van der Waals surface area contributed by atoms with Gasteiger partial charge in [-0.3, -0.25) is 4.79 Å². The summed E-state index contributed by atoms with van der Waals surface area (Å²) < 4.78 is 0. The van der Waals surface area contributed by atoms with Gasteiger partial charge in [-0.25, -0.2) is 0 Å². The highest BCUT2D eigenvalue weighted by Gasteiger charge is 2.31. The fourth-order valence-electron chi connectivity index (χ4n) is 2.71. The van der Waals surface area contributed by atoms with Gasteiger partial charge in [-0.05, 0) is 42.0 Å². The van der Waals surface area contributed by atoms with E-state index in [1.807, 2.05) is 28.8 Å². The number of hydrogen-bond acceptors (Lipinski definition) is 3. The highest BCUT2D eigenvalue weighted by molar-refractivity contribution is 7.99. The lowest BCUT2D eigenvalue weighted by Crippen LogP contribution is -2.30. The number of unbranched alkanes of at least 4 members (excludes halogenated alkanes) is 1. The molecule has 1 aliphatic heterocycles. The van der Waals surface area contributed by atoms with E-state index in [2.05, 4.69) is 36.6 Å². The molecule has 22 heavy (non-hydrogen) atoms. The van der Waals surface area contributed by atoms with E-state index < -0.39 is 0 Å². The predicted octanol–water partition coefficient (Wildman–Crippen LogP) is 4.98. The third kappa shape index (κ3) is 3.39. The zero-order chi connectivity index (χ0) is 15.4. The van der Waals surface area contributed by atoms with Gasteiger partial charge in [0.05, 0.1) is 0 Å². The maximum Gasteiger partial charge on any atom is 0.255 e. The second-order valence-corrected chi connectivity index (χ2v) is 7.70. The molecule has 0 N–H and O–H groups in total. The molecule has 1 atom stereocenters. The van der Waals surface area contributed by atoms with Crippen LogP contribution in [-0.2, 0) is 6.42 Å². The van der Waals surface area contributed by atoms with E-state index in [9.17, 15) is 4.79 Å². The number of amides is 1. The molecule has 2 heterocycles. The Kier molecular flexibility index (Phi) is 5.21. The Labute approximate surface area is 140 Å². The van der Waals surface area contributed by atoms with Gasteiger partial charge in [-0.1, -0.05) is 31.5 Å². The molecular formula is C18H21NOS2. The van der Waals surface area contributed by atoms with Crippen LogP contribution >= 0.6 is 23.1 Å². The Morgan fingerprint density at radius 2 is 2.09 bits per heavy atom. The van der Waals surface area contributed by atoms with Crippen molar-refractivity contribution in [2.24, 2.45) is 0 Å². The SMILES string of the molecule is CCCCc1ccc(C(=O)N2CCS[C@H]2c2cccs2)cc1. The van der Waals surface area contributed by atoms with Crippen LogP contribution in [0.4, 0.5) is 0 Å². The number of nitrogens with zero attached hydrogens (tertiary/aromatic N) is 1. The summed E-state index contributed by atoms with van der Waals surface area (Å²) in [5.41, 5.74) is 2.13. The second kappa shape index (κ2) is 7.34. The Balaban J connectivity index is 1.72. The van der Waals surface area contributed by atoms with Crippen molar-refractivity contribution < 1.29 is 4.79 Å². The Bertz CT molecular complexity index is 607. The zero-order valence-electron chi connectivity index (χ0n) is 12.8. The van der Waals surface area contributed by atoms with Crippen LogP contribution in [0, 0.1) is 0 Å². The van der Waals surface area contributed by atoms with E-state index in [1.54, 1.807) is 11.3 Å². The molecule has 1 saturated heterocycles. The number of hydrogen-bond donors (Lipinski definition) is 0. The van der Waals surface area contributed by atoms with Crippen LogP contribution in [0.25, 0.3) is 0 Å². The molecule has 1 fully saturated rings. The fourth-order valence-corrected chi connectivity index (χ4v) is 4.94. The van der Waals surface area contributed by atoms with E-state index in [-0.39, 0.29) is 11.3 Å². The zero-order valence-corrected chi connectivity index (χ0v) is 14.5. The van der Waals surface area contributed by atoms with Crippen molar-refractivity contribution in [1.29, 1.82) is 0 Å². The monoisotopic (exact) mass is 331 g/mol. The molecule has 116 valence electrons. The molecule has 1 aliphatic rings. The molecule has 0 saturated carbocycles. The average Bonchev–Trinajstić information content (AvgIpc) is 3.23. The molecule has 2 aromatic rings. The first kappa shape index (κ1) is 15.6. The summed E-state index contributed by atoms with van der Waals surface area (Å²) in [6.07, 6.45) is 3.51. The highest BCUT2D eigenvalue weighted by atomic mass is 32.2. The molecular weight excluding hydrogens is 310 g/mol. The van der Waals surface area contributed by atoms with Crippen LogP contribution in [0.15, 0.2) is 41.8 Å². The van der Waals surface area contributed by atoms with Crippen molar-refractivity contribution in [1.82, 2.24) is 4.90 Å². The van der Waals surface area contributed by atoms with E-state index in [0.717, 1.165) is 24.3 Å². The third-order valence-corrected chi connectivity index (χ3v) is 6.27. The summed E-state index contributed by atoms with van der Waals surface area (Å²) in [7, 11) is 0. The van der Waals surface area contributed by atoms with Crippen LogP contribution in [0.3, 0.4) is 0 Å². The first-order valence-electron chi connectivity index (χ1n) is 7.84. The van der Waals surface area contributed by atoms with E-state index in [0.29, 0.717) is 0 Å². The Hall–Kier alpha value is -1.26. The molecule has 2 nitrogen and oxygen atoms in total. The average molecular weight is 332 g/mol. The second-order valence-electron chi connectivity index (χ2n) is 5.54. The van der Waals surface area contributed by atoms with Gasteiger partial charge in [0.2, 0.25) is 0 Å². The maximum absolute atomic E-state index is 12.8. The summed E-state index contributed by atoms with van der Waals surface area (Å²) in [5.74, 6) is 1.17. The number of benzene rings is 1. The van der Waals surface area contributed by atoms with E-state index in [4.69, 9.17) is 0 Å². The molecule has 0 bridgehead atoms. The minimum Gasteiger partial charge on any atom is -0.321 e. The largest absolute Gasteiger partial charge is 0.321 e. The Morgan fingerprint density at radius 1 is 1.27 bits per heavy atom. The van der Waals surface area contributed by atoms with Crippen LogP contribution in [-0.4, -0.2) is 23.1 Å². The maximum atomic E-state index is 12.8. The molecule has 1 amide bonds. The number of rotatable bonds is 5. The molecule has 3 rings (SSSR count). The summed E-state index contributed by atoms with van der Waals surface area (Å²) in [5, 5.41) is 2.27. The lowest BCUT2D eigenvalue weighted by Gasteiger charge is -2.23. The van der Waals surface area contributed by atoms with Gasteiger partial charge in [0.1, 0.15) is 5.37 Å². The summed E-state index contributed by atoms with van der Waals surface area (Å²) >= 11 is 3.59. The van der Waals surface area contributed by atoms with Crippen molar-refractivity contribution in [3.8, 4) is 0 Å². The van der Waals surface area contributed by atoms with Crippen LogP contribution in [0.2, 0.25) is 0 Å². The standard InChI is InChI=1S/C18H21NOS2/c1-2-3-5-14-7-9-15(10-8-14)17(20)19-11-13-22-18(19)16-6-4-12-21-16/h4,6-10,12,18H,2-3,5,11,13H2,1H3/t18-/m0/s1. The number of thioether (sulfide) groups is 1. The lowest BCUT2D eigenvalue weighted by atomic mass is 10.1. The normalized spacial score (nSPS) is 17.9. The fraction of sp³-hybridized carbons (Fsp3) is 0.389. The quantitative estimate of drug-likeness (QED) is 0.770. The van der Waals surface area contributed by atoms with Crippen LogP contribution < -0.4 is 0 Å². The van der Waals surface area contributed by atoms with Gasteiger partial charge < -0.3 is 4.90 Å². The molecule has 4 heteroatoms. The van der Waals surface area contributed by atoms with E-state index in [1.165, 1.54) is 23.3 Å². The first-order valence-corrected chi connectivity index (χ1v) is 9.77. The molecule has 0 spiro atoms. The Morgan fingerprint density at radius 3 is 2.77 bits per heavy atom. The molecule has 1 aromatic carbocycles. The first-order chi connectivity index (χ1) is 10.8. The number of carbonyl (C=O) groups is 1. The molecule has 1 aromatic heterocycles. The minimum absolute atomic E-state index is 0.158. The van der Waals surface area contributed by atoms with Gasteiger partial charge in [-0.2, -0.15) is 0 Å².